The van der Waals surface area contributed by atoms with Crippen LogP contribution in [0, 0.1) is 0 Å². The highest BCUT2D eigenvalue weighted by molar-refractivity contribution is 7.26. The Balaban J connectivity index is 1.04. The maximum Gasteiger partial charge on any atom is 0.159 e. The molecule has 0 saturated carbocycles. The number of benzene rings is 10. The van der Waals surface area contributed by atoms with Gasteiger partial charge in [-0.3, -0.25) is 0 Å². The lowest BCUT2D eigenvalue weighted by molar-refractivity contribution is 0.669. The fourth-order valence-corrected chi connectivity index (χ4v) is 10.8. The molecule has 13 aromatic rings. The lowest BCUT2D eigenvalue weighted by Gasteiger charge is -2.27. The van der Waals surface area contributed by atoms with Crippen molar-refractivity contribution < 1.29 is 8.83 Å². The standard InChI is InChI=1S/C56H33NO2S/c1-4-25-51-42(12-1)46-20-9-19-45(54(46)58-51)40-16-8-18-41-39(40)17-10-23-49(41)57(50-24-11-21-47-43-13-2-5-26-52(43)59-55(47)50)37-31-30-34-28-29-35(32-36(34)33-37)38-15-7-22-48-44-14-3-6-27-53(44)60-56(38)48/h1-33H. The number of anilines is 3. The number of hydrogen-bond donors (Lipinski definition) is 0. The zero-order valence-electron chi connectivity index (χ0n) is 32.2. The first-order valence-corrected chi connectivity index (χ1v) is 21.1. The van der Waals surface area contributed by atoms with Gasteiger partial charge < -0.3 is 13.7 Å². The lowest BCUT2D eigenvalue weighted by Crippen LogP contribution is -2.11. The van der Waals surface area contributed by atoms with Gasteiger partial charge in [0, 0.05) is 58.4 Å². The van der Waals surface area contributed by atoms with E-state index < -0.39 is 0 Å². The normalized spacial score (nSPS) is 12.0. The summed E-state index contributed by atoms with van der Waals surface area (Å²) in [4.78, 5) is 2.39. The molecule has 0 spiro atoms. The van der Waals surface area contributed by atoms with Crippen LogP contribution >= 0.6 is 11.3 Å². The molecule has 3 heterocycles. The number of nitrogens with zero attached hydrogens (tertiary/aromatic N) is 1. The predicted octanol–water partition coefficient (Wildman–Crippen LogP) is 17.0. The van der Waals surface area contributed by atoms with Gasteiger partial charge in [0.25, 0.3) is 0 Å². The number of furan rings is 2. The van der Waals surface area contributed by atoms with E-state index in [2.05, 4.69) is 187 Å². The van der Waals surface area contributed by atoms with E-state index in [1.54, 1.807) is 0 Å². The van der Waals surface area contributed by atoms with Crippen molar-refractivity contribution in [2.24, 2.45) is 0 Å². The Morgan fingerprint density at radius 1 is 0.350 bits per heavy atom. The first-order valence-electron chi connectivity index (χ1n) is 20.3. The molecule has 0 radical (unpaired) electrons. The van der Waals surface area contributed by atoms with Crippen molar-refractivity contribution >= 4 is 114 Å². The van der Waals surface area contributed by atoms with Gasteiger partial charge in [-0.25, -0.2) is 0 Å². The summed E-state index contributed by atoms with van der Waals surface area (Å²) >= 11 is 1.87. The van der Waals surface area contributed by atoms with Crippen LogP contribution in [0.5, 0.6) is 0 Å². The van der Waals surface area contributed by atoms with Gasteiger partial charge in [0.2, 0.25) is 0 Å². The van der Waals surface area contributed by atoms with E-state index in [1.807, 2.05) is 29.5 Å². The van der Waals surface area contributed by atoms with Crippen LogP contribution in [0.25, 0.3) is 108 Å². The first kappa shape index (κ1) is 33.3. The van der Waals surface area contributed by atoms with E-state index in [0.29, 0.717) is 0 Å². The molecule has 0 unspecified atom stereocenters. The molecular weight excluding hydrogens is 751 g/mol. The average molecular weight is 784 g/mol. The van der Waals surface area contributed by atoms with Crippen LogP contribution in [0.1, 0.15) is 0 Å². The second-order valence-corrected chi connectivity index (χ2v) is 16.6. The van der Waals surface area contributed by atoms with Crippen LogP contribution < -0.4 is 4.90 Å². The molecule has 4 heteroatoms. The summed E-state index contributed by atoms with van der Waals surface area (Å²) in [6, 6.07) is 72.0. The molecular formula is C56H33NO2S. The van der Waals surface area contributed by atoms with Gasteiger partial charge in [-0.2, -0.15) is 0 Å². The number of thiophene rings is 1. The molecule has 3 nitrogen and oxygen atoms in total. The summed E-state index contributed by atoms with van der Waals surface area (Å²) in [5.74, 6) is 0. The minimum absolute atomic E-state index is 0.851. The second-order valence-electron chi connectivity index (χ2n) is 15.6. The fraction of sp³-hybridized carbons (Fsp3) is 0. The molecule has 13 rings (SSSR count). The van der Waals surface area contributed by atoms with Gasteiger partial charge in [0.1, 0.15) is 16.7 Å². The Kier molecular flexibility index (Phi) is 7.18. The molecule has 0 aliphatic rings. The lowest BCUT2D eigenvalue weighted by atomic mass is 9.95. The molecule has 0 atom stereocenters. The second kappa shape index (κ2) is 12.9. The molecule has 10 aromatic carbocycles. The van der Waals surface area contributed by atoms with E-state index in [4.69, 9.17) is 8.83 Å². The Bertz CT molecular complexity index is 3870. The highest BCUT2D eigenvalue weighted by Crippen LogP contribution is 2.47. The maximum absolute atomic E-state index is 6.77. The van der Waals surface area contributed by atoms with Crippen LogP contribution in [0.2, 0.25) is 0 Å². The molecule has 60 heavy (non-hydrogen) atoms. The molecule has 0 aliphatic heterocycles. The van der Waals surface area contributed by atoms with Crippen molar-refractivity contribution in [3.05, 3.63) is 200 Å². The quantitative estimate of drug-likeness (QED) is 0.174. The largest absolute Gasteiger partial charge is 0.455 e. The summed E-state index contributed by atoms with van der Waals surface area (Å²) in [7, 11) is 0. The van der Waals surface area contributed by atoms with Gasteiger partial charge >= 0.3 is 0 Å². The van der Waals surface area contributed by atoms with Crippen LogP contribution in [0.15, 0.2) is 209 Å². The Morgan fingerprint density at radius 3 is 1.75 bits per heavy atom. The monoisotopic (exact) mass is 783 g/mol. The van der Waals surface area contributed by atoms with E-state index in [1.165, 1.54) is 42.1 Å². The summed E-state index contributed by atoms with van der Waals surface area (Å²) < 4.78 is 16.0. The fourth-order valence-electron chi connectivity index (χ4n) is 9.51. The zero-order chi connectivity index (χ0) is 39.3. The molecule has 3 aromatic heterocycles. The van der Waals surface area contributed by atoms with Gasteiger partial charge in [0.15, 0.2) is 5.58 Å². The molecule has 0 aliphatic carbocycles. The van der Waals surface area contributed by atoms with E-state index in [0.717, 1.165) is 82.8 Å². The van der Waals surface area contributed by atoms with Crippen molar-refractivity contribution in [1.82, 2.24) is 0 Å². The maximum atomic E-state index is 6.77. The summed E-state index contributed by atoms with van der Waals surface area (Å²) in [5.41, 5.74) is 11.3. The third-order valence-electron chi connectivity index (χ3n) is 12.3. The molecule has 0 amide bonds. The van der Waals surface area contributed by atoms with E-state index in [9.17, 15) is 0 Å². The van der Waals surface area contributed by atoms with Gasteiger partial charge in [-0.15, -0.1) is 11.3 Å². The Morgan fingerprint density at radius 2 is 0.933 bits per heavy atom. The summed E-state index contributed by atoms with van der Waals surface area (Å²) in [6.07, 6.45) is 0. The van der Waals surface area contributed by atoms with Crippen molar-refractivity contribution in [2.45, 2.75) is 0 Å². The summed E-state index contributed by atoms with van der Waals surface area (Å²) in [6.45, 7) is 0. The predicted molar refractivity (Wildman–Crippen MR) is 254 cm³/mol. The molecule has 0 saturated heterocycles. The highest BCUT2D eigenvalue weighted by Gasteiger charge is 2.23. The number of fused-ring (bicyclic) bond motifs is 11. The third-order valence-corrected chi connectivity index (χ3v) is 13.5. The van der Waals surface area contributed by atoms with Crippen molar-refractivity contribution in [1.29, 1.82) is 0 Å². The third kappa shape index (κ3) is 4.95. The first-order chi connectivity index (χ1) is 29.7. The highest BCUT2D eigenvalue weighted by atomic mass is 32.1. The minimum Gasteiger partial charge on any atom is -0.455 e. The van der Waals surface area contributed by atoms with Crippen LogP contribution in [0.3, 0.4) is 0 Å². The van der Waals surface area contributed by atoms with Crippen molar-refractivity contribution in [2.75, 3.05) is 4.90 Å². The molecule has 0 N–H and O–H groups in total. The average Bonchev–Trinajstić information content (AvgIpc) is 4.01. The SMILES string of the molecule is c1ccc2c(c1)oc1c(-c3cccc4c(N(c5ccc6ccc(-c7cccc8c7sc7ccccc78)cc6c5)c5cccc6c5oc5ccccc56)cccc34)cccc12. The van der Waals surface area contributed by atoms with E-state index in [-0.39, 0.29) is 0 Å². The zero-order valence-corrected chi connectivity index (χ0v) is 33.0. The Hall–Kier alpha value is -7.66. The topological polar surface area (TPSA) is 29.5 Å². The van der Waals surface area contributed by atoms with Gasteiger partial charge in [0.05, 0.1) is 11.4 Å². The van der Waals surface area contributed by atoms with Crippen molar-refractivity contribution in [3.8, 4) is 22.3 Å². The number of hydrogen-bond acceptors (Lipinski definition) is 4. The molecule has 280 valence electrons. The summed E-state index contributed by atoms with van der Waals surface area (Å²) in [5, 5.41) is 11.7. The van der Waals surface area contributed by atoms with Crippen LogP contribution in [-0.4, -0.2) is 0 Å². The van der Waals surface area contributed by atoms with E-state index >= 15 is 0 Å². The minimum atomic E-state index is 0.851. The van der Waals surface area contributed by atoms with Gasteiger partial charge in [-0.1, -0.05) is 152 Å². The van der Waals surface area contributed by atoms with Crippen molar-refractivity contribution in [3.63, 3.8) is 0 Å². The van der Waals surface area contributed by atoms with Crippen LogP contribution in [0.4, 0.5) is 17.1 Å². The number of rotatable bonds is 5. The van der Waals surface area contributed by atoms with Gasteiger partial charge in [-0.05, 0) is 81.4 Å². The molecule has 0 fully saturated rings. The molecule has 0 bridgehead atoms. The Labute approximate surface area is 348 Å². The van der Waals surface area contributed by atoms with Crippen LogP contribution in [-0.2, 0) is 0 Å². The number of para-hydroxylation sites is 4. The smallest absolute Gasteiger partial charge is 0.159 e.